The van der Waals surface area contributed by atoms with Gasteiger partial charge < -0.3 is 9.47 Å². The van der Waals surface area contributed by atoms with Crippen LogP contribution in [0.2, 0.25) is 0 Å². The number of allylic oxidation sites excluding steroid dienone is 2. The Hall–Kier alpha value is -3.28. The summed E-state index contributed by atoms with van der Waals surface area (Å²) in [6, 6.07) is 6.68. The Morgan fingerprint density at radius 3 is 2.22 bits per heavy atom. The summed E-state index contributed by atoms with van der Waals surface area (Å²) in [6.07, 6.45) is 4.53. The van der Waals surface area contributed by atoms with E-state index >= 15 is 0 Å². The van der Waals surface area contributed by atoms with Crippen LogP contribution in [0.5, 0.6) is 0 Å². The molecule has 0 spiro atoms. The Bertz CT molecular complexity index is 905. The van der Waals surface area contributed by atoms with E-state index in [9.17, 15) is 19.2 Å². The lowest BCUT2D eigenvalue weighted by atomic mass is 9.71. The Labute approximate surface area is 156 Å². The third kappa shape index (κ3) is 3.65. The number of benzene rings is 1. The van der Waals surface area contributed by atoms with Crippen LogP contribution >= 0.6 is 0 Å². The summed E-state index contributed by atoms with van der Waals surface area (Å²) in [5.74, 6) is -2.87. The van der Waals surface area contributed by atoms with Gasteiger partial charge in [-0.25, -0.2) is 9.59 Å². The van der Waals surface area contributed by atoms with Gasteiger partial charge in [-0.15, -0.1) is 0 Å². The highest BCUT2D eigenvalue weighted by Gasteiger charge is 2.40. The van der Waals surface area contributed by atoms with E-state index in [0.29, 0.717) is 11.1 Å². The van der Waals surface area contributed by atoms with Crippen LogP contribution in [0.15, 0.2) is 60.2 Å². The van der Waals surface area contributed by atoms with E-state index in [1.54, 1.807) is 30.3 Å². The molecule has 0 bridgehead atoms. The van der Waals surface area contributed by atoms with Gasteiger partial charge in [0.1, 0.15) is 13.2 Å². The van der Waals surface area contributed by atoms with Crippen LogP contribution in [-0.4, -0.2) is 36.7 Å². The Balaban J connectivity index is 1.67. The van der Waals surface area contributed by atoms with Gasteiger partial charge in [0.05, 0.1) is 17.4 Å². The molecule has 0 amide bonds. The smallest absolute Gasteiger partial charge is 0.337 e. The van der Waals surface area contributed by atoms with Gasteiger partial charge in [-0.1, -0.05) is 49.1 Å². The van der Waals surface area contributed by atoms with Crippen molar-refractivity contribution in [1.29, 1.82) is 0 Å². The van der Waals surface area contributed by atoms with Crippen molar-refractivity contribution in [3.63, 3.8) is 0 Å². The molecule has 2 unspecified atom stereocenters. The molecular formula is C21H18O6. The maximum absolute atomic E-state index is 12.7. The number of rotatable bonds is 5. The summed E-state index contributed by atoms with van der Waals surface area (Å²) in [5.41, 5.74) is 1.23. The van der Waals surface area contributed by atoms with E-state index < -0.39 is 23.8 Å². The average molecular weight is 366 g/mol. The normalized spacial score (nSPS) is 20.3. The summed E-state index contributed by atoms with van der Waals surface area (Å²) in [6.45, 7) is 4.76. The van der Waals surface area contributed by atoms with Gasteiger partial charge >= 0.3 is 11.9 Å². The summed E-state index contributed by atoms with van der Waals surface area (Å²) in [5, 5.41) is 0. The van der Waals surface area contributed by atoms with Crippen LogP contribution in [-0.2, 0) is 19.1 Å². The fourth-order valence-corrected chi connectivity index (χ4v) is 3.05. The second-order valence-electron chi connectivity index (χ2n) is 6.36. The van der Waals surface area contributed by atoms with Crippen molar-refractivity contribution in [1.82, 2.24) is 0 Å². The number of carbonyl (C=O) groups excluding carboxylic acids is 4. The molecule has 6 heteroatoms. The van der Waals surface area contributed by atoms with Crippen molar-refractivity contribution in [2.45, 2.75) is 6.92 Å². The number of hydrogen-bond donors (Lipinski definition) is 0. The molecule has 1 aromatic rings. The van der Waals surface area contributed by atoms with Crippen molar-refractivity contribution in [3.8, 4) is 0 Å². The molecule has 3 rings (SSSR count). The maximum Gasteiger partial charge on any atom is 0.337 e. The van der Waals surface area contributed by atoms with E-state index in [-0.39, 0.29) is 35.9 Å². The zero-order valence-electron chi connectivity index (χ0n) is 14.8. The summed E-state index contributed by atoms with van der Waals surface area (Å²) in [7, 11) is 0. The Kier molecular flexibility index (Phi) is 5.16. The average Bonchev–Trinajstić information content (AvgIpc) is 2.68. The molecule has 27 heavy (non-hydrogen) atoms. The van der Waals surface area contributed by atoms with Crippen LogP contribution in [0.25, 0.3) is 0 Å². The number of carbonyl (C=O) groups is 4. The SMILES string of the molecule is C=C(C)C(=O)OCCOC(=O)C1=CC2C(=O)c3ccccc3C(=O)C2C=C1. The standard InChI is InChI=1S/C21H18O6/c1-12(2)20(24)26-9-10-27-21(25)13-7-8-16-17(11-13)19(23)15-6-4-3-5-14(15)18(16)22/h3-8,11,16-17H,1,9-10H2,2H3. The molecule has 138 valence electrons. The first kappa shape index (κ1) is 18.5. The van der Waals surface area contributed by atoms with Gasteiger partial charge in [0.15, 0.2) is 11.6 Å². The largest absolute Gasteiger partial charge is 0.459 e. The summed E-state index contributed by atoms with van der Waals surface area (Å²) >= 11 is 0. The Morgan fingerprint density at radius 1 is 1.00 bits per heavy atom. The fraction of sp³-hybridized carbons (Fsp3) is 0.238. The fourth-order valence-electron chi connectivity index (χ4n) is 3.05. The van der Waals surface area contributed by atoms with Gasteiger partial charge in [0.2, 0.25) is 0 Å². The van der Waals surface area contributed by atoms with Crippen LogP contribution in [0.3, 0.4) is 0 Å². The molecule has 0 aliphatic heterocycles. The highest BCUT2D eigenvalue weighted by Crippen LogP contribution is 2.35. The zero-order valence-corrected chi connectivity index (χ0v) is 14.8. The van der Waals surface area contributed by atoms with Crippen molar-refractivity contribution in [2.75, 3.05) is 13.2 Å². The minimum atomic E-state index is -0.721. The first-order valence-corrected chi connectivity index (χ1v) is 8.47. The van der Waals surface area contributed by atoms with Crippen molar-refractivity contribution >= 4 is 23.5 Å². The van der Waals surface area contributed by atoms with Crippen LogP contribution in [0, 0.1) is 11.8 Å². The second kappa shape index (κ2) is 7.53. The van der Waals surface area contributed by atoms with Gasteiger partial charge in [-0.3, -0.25) is 9.59 Å². The highest BCUT2D eigenvalue weighted by molar-refractivity contribution is 6.18. The summed E-state index contributed by atoms with van der Waals surface area (Å²) < 4.78 is 9.91. The number of Topliss-reactive ketones (excluding diaryl/α,β-unsaturated/α-hetero) is 2. The van der Waals surface area contributed by atoms with Crippen molar-refractivity contribution < 1.29 is 28.7 Å². The number of ether oxygens (including phenoxy) is 2. The molecule has 6 nitrogen and oxygen atoms in total. The predicted octanol–water partition coefficient (Wildman–Crippen LogP) is 2.46. The molecule has 1 aromatic carbocycles. The van der Waals surface area contributed by atoms with Gasteiger partial charge in [0.25, 0.3) is 0 Å². The molecule has 0 heterocycles. The third-order valence-corrected chi connectivity index (χ3v) is 4.43. The van der Waals surface area contributed by atoms with E-state index in [1.807, 2.05) is 0 Å². The van der Waals surface area contributed by atoms with Gasteiger partial charge in [-0.2, -0.15) is 0 Å². The molecule has 2 aliphatic carbocycles. The molecule has 0 saturated heterocycles. The number of ketones is 2. The second-order valence-corrected chi connectivity index (χ2v) is 6.36. The summed E-state index contributed by atoms with van der Waals surface area (Å²) in [4.78, 5) is 48.8. The molecule has 0 saturated carbocycles. The molecule has 0 aromatic heterocycles. The lowest BCUT2D eigenvalue weighted by Gasteiger charge is -2.29. The van der Waals surface area contributed by atoms with Crippen LogP contribution in [0.4, 0.5) is 0 Å². The molecule has 0 radical (unpaired) electrons. The maximum atomic E-state index is 12.7. The lowest BCUT2D eigenvalue weighted by Crippen LogP contribution is -2.36. The molecule has 0 N–H and O–H groups in total. The monoisotopic (exact) mass is 366 g/mol. The number of hydrogen-bond acceptors (Lipinski definition) is 6. The molecule has 0 fully saturated rings. The quantitative estimate of drug-likeness (QED) is 0.452. The van der Waals surface area contributed by atoms with Crippen molar-refractivity contribution in [3.05, 3.63) is 71.3 Å². The minimum Gasteiger partial charge on any atom is -0.459 e. The molecule has 2 aliphatic rings. The first-order valence-electron chi connectivity index (χ1n) is 8.47. The van der Waals surface area contributed by atoms with Crippen LogP contribution in [0.1, 0.15) is 27.6 Å². The lowest BCUT2D eigenvalue weighted by molar-refractivity contribution is -0.147. The van der Waals surface area contributed by atoms with E-state index in [2.05, 4.69) is 6.58 Å². The highest BCUT2D eigenvalue weighted by atomic mass is 16.6. The topological polar surface area (TPSA) is 86.7 Å². The number of esters is 2. The van der Waals surface area contributed by atoms with E-state index in [1.165, 1.54) is 19.1 Å². The van der Waals surface area contributed by atoms with E-state index in [4.69, 9.17) is 9.47 Å². The zero-order chi connectivity index (χ0) is 19.6. The minimum absolute atomic E-state index is 0.0920. The third-order valence-electron chi connectivity index (χ3n) is 4.43. The van der Waals surface area contributed by atoms with Gasteiger partial charge in [0, 0.05) is 16.7 Å². The molecule has 2 atom stereocenters. The molecular weight excluding hydrogens is 348 g/mol. The first-order chi connectivity index (χ1) is 12.9. The van der Waals surface area contributed by atoms with E-state index in [0.717, 1.165) is 0 Å². The van der Waals surface area contributed by atoms with Crippen molar-refractivity contribution in [2.24, 2.45) is 11.8 Å². The van der Waals surface area contributed by atoms with Crippen LogP contribution < -0.4 is 0 Å². The van der Waals surface area contributed by atoms with Gasteiger partial charge in [-0.05, 0) is 6.92 Å². The Morgan fingerprint density at radius 2 is 1.59 bits per heavy atom. The number of fused-ring (bicyclic) bond motifs is 2. The predicted molar refractivity (Wildman–Crippen MR) is 96.0 cm³/mol.